The fourth-order valence-electron chi connectivity index (χ4n) is 4.86. The first-order chi connectivity index (χ1) is 16.9. The highest BCUT2D eigenvalue weighted by atomic mass is 16.7. The van der Waals surface area contributed by atoms with E-state index in [1.54, 1.807) is 6.92 Å². The van der Waals surface area contributed by atoms with Crippen molar-refractivity contribution >= 4 is 18.0 Å². The van der Waals surface area contributed by atoms with Crippen LogP contribution in [0.25, 0.3) is 11.1 Å². The average Bonchev–Trinajstić information content (AvgIpc) is 3.54. The Hall–Kier alpha value is -3.43. The molecule has 3 aliphatic rings. The molecule has 5 rings (SSSR count). The SMILES string of the molecule is CC1(C(=O)NOC(C(=O)O)C2CC2)COCC1NC(=O)OCC1c2ccccc2-c2ccccc21. The van der Waals surface area contributed by atoms with Gasteiger partial charge in [-0.3, -0.25) is 9.63 Å². The van der Waals surface area contributed by atoms with E-state index < -0.39 is 35.5 Å². The minimum Gasteiger partial charge on any atom is -0.479 e. The smallest absolute Gasteiger partial charge is 0.407 e. The molecule has 35 heavy (non-hydrogen) atoms. The third-order valence-corrected chi connectivity index (χ3v) is 7.18. The molecule has 184 valence electrons. The molecule has 2 aromatic carbocycles. The van der Waals surface area contributed by atoms with Crippen LogP contribution >= 0.6 is 0 Å². The minimum absolute atomic E-state index is 0.0533. The number of fused-ring (bicyclic) bond motifs is 3. The zero-order chi connectivity index (χ0) is 24.6. The molecule has 2 aromatic rings. The molecule has 2 amide bonds. The largest absolute Gasteiger partial charge is 0.479 e. The number of ether oxygens (including phenoxy) is 2. The number of hydrogen-bond donors (Lipinski definition) is 3. The molecule has 0 aromatic heterocycles. The summed E-state index contributed by atoms with van der Waals surface area (Å²) in [7, 11) is 0. The summed E-state index contributed by atoms with van der Waals surface area (Å²) in [6.45, 7) is 1.97. The van der Waals surface area contributed by atoms with E-state index in [1.165, 1.54) is 0 Å². The maximum absolute atomic E-state index is 12.9. The van der Waals surface area contributed by atoms with Crippen LogP contribution in [0.4, 0.5) is 4.79 Å². The van der Waals surface area contributed by atoms with Gasteiger partial charge in [0.1, 0.15) is 6.61 Å². The summed E-state index contributed by atoms with van der Waals surface area (Å²) >= 11 is 0. The molecule has 9 nitrogen and oxygen atoms in total. The Morgan fingerprint density at radius 3 is 2.31 bits per heavy atom. The summed E-state index contributed by atoms with van der Waals surface area (Å²) in [6.07, 6.45) is -0.236. The third kappa shape index (κ3) is 4.49. The summed E-state index contributed by atoms with van der Waals surface area (Å²) in [4.78, 5) is 42.2. The van der Waals surface area contributed by atoms with E-state index >= 15 is 0 Å². The summed E-state index contributed by atoms with van der Waals surface area (Å²) < 4.78 is 11.1. The van der Waals surface area contributed by atoms with Crippen molar-refractivity contribution in [1.29, 1.82) is 0 Å². The highest BCUT2D eigenvalue weighted by Gasteiger charge is 2.48. The Kier molecular flexibility index (Phi) is 6.21. The molecule has 1 heterocycles. The van der Waals surface area contributed by atoms with Crippen molar-refractivity contribution in [3.63, 3.8) is 0 Å². The fraction of sp³-hybridized carbons (Fsp3) is 0.423. The van der Waals surface area contributed by atoms with Crippen molar-refractivity contribution in [2.45, 2.75) is 37.8 Å². The second kappa shape index (κ2) is 9.31. The first kappa shape index (κ1) is 23.3. The van der Waals surface area contributed by atoms with E-state index in [9.17, 15) is 19.5 Å². The number of aliphatic carboxylic acids is 1. The number of carbonyl (C=O) groups is 3. The Bertz CT molecular complexity index is 1100. The van der Waals surface area contributed by atoms with Crippen molar-refractivity contribution in [3.8, 4) is 11.1 Å². The molecule has 1 saturated heterocycles. The average molecular weight is 481 g/mol. The van der Waals surface area contributed by atoms with E-state index in [0.717, 1.165) is 35.1 Å². The molecule has 0 spiro atoms. The van der Waals surface area contributed by atoms with Crippen molar-refractivity contribution < 1.29 is 33.8 Å². The number of nitrogens with one attached hydrogen (secondary N) is 2. The zero-order valence-electron chi connectivity index (χ0n) is 19.4. The molecule has 0 bridgehead atoms. The third-order valence-electron chi connectivity index (χ3n) is 7.18. The first-order valence-electron chi connectivity index (χ1n) is 11.8. The molecule has 3 unspecified atom stereocenters. The molecular weight excluding hydrogens is 452 g/mol. The number of benzene rings is 2. The van der Waals surface area contributed by atoms with Gasteiger partial charge >= 0.3 is 12.1 Å². The van der Waals surface area contributed by atoms with Gasteiger partial charge in [-0.2, -0.15) is 0 Å². The summed E-state index contributed by atoms with van der Waals surface area (Å²) in [5.74, 6) is -1.85. The van der Waals surface area contributed by atoms with Gasteiger partial charge in [-0.15, -0.1) is 0 Å². The van der Waals surface area contributed by atoms with E-state index in [2.05, 4.69) is 22.9 Å². The number of hydrogen-bond acceptors (Lipinski definition) is 6. The first-order valence-corrected chi connectivity index (χ1v) is 11.8. The normalized spacial score (nSPS) is 23.7. The van der Waals surface area contributed by atoms with Crippen molar-refractivity contribution in [3.05, 3.63) is 59.7 Å². The monoisotopic (exact) mass is 480 g/mol. The zero-order valence-corrected chi connectivity index (χ0v) is 19.4. The molecule has 2 aliphatic carbocycles. The number of carbonyl (C=O) groups excluding carboxylic acids is 2. The van der Waals surface area contributed by atoms with Crippen molar-refractivity contribution in [2.24, 2.45) is 11.3 Å². The van der Waals surface area contributed by atoms with Crippen molar-refractivity contribution in [1.82, 2.24) is 10.8 Å². The lowest BCUT2D eigenvalue weighted by molar-refractivity contribution is -0.166. The van der Waals surface area contributed by atoms with Gasteiger partial charge in [0.15, 0.2) is 6.10 Å². The summed E-state index contributed by atoms with van der Waals surface area (Å²) in [5, 5.41) is 12.0. The fourth-order valence-corrected chi connectivity index (χ4v) is 4.86. The second-order valence-corrected chi connectivity index (χ2v) is 9.60. The molecule has 1 aliphatic heterocycles. The van der Waals surface area contributed by atoms with Crippen LogP contribution in [0.1, 0.15) is 36.8 Å². The van der Waals surface area contributed by atoms with Crippen LogP contribution in [0.2, 0.25) is 0 Å². The topological polar surface area (TPSA) is 123 Å². The van der Waals surface area contributed by atoms with Crippen molar-refractivity contribution in [2.75, 3.05) is 19.8 Å². The van der Waals surface area contributed by atoms with Gasteiger partial charge in [0.25, 0.3) is 5.91 Å². The maximum Gasteiger partial charge on any atom is 0.407 e. The highest BCUT2D eigenvalue weighted by molar-refractivity contribution is 5.84. The van der Waals surface area contributed by atoms with Crippen LogP contribution in [-0.2, 0) is 23.9 Å². The molecule has 9 heteroatoms. The van der Waals surface area contributed by atoms with Crippen LogP contribution in [-0.4, -0.2) is 55.0 Å². The molecule has 1 saturated carbocycles. The van der Waals surface area contributed by atoms with E-state index in [4.69, 9.17) is 14.3 Å². The van der Waals surface area contributed by atoms with Crippen LogP contribution in [0.5, 0.6) is 0 Å². The summed E-state index contributed by atoms with van der Waals surface area (Å²) in [6, 6.07) is 15.5. The Labute approximate surface area is 202 Å². The standard InChI is InChI=1S/C26H28N2O7/c1-26(24(31)28-35-22(23(29)30)15-10-11-15)14-33-13-21(26)27-25(32)34-12-20-18-8-4-2-6-16(18)17-7-3-5-9-19(17)20/h2-9,15,20-22H,10-14H2,1H3,(H,27,32)(H,28,31)(H,29,30). The molecule has 2 fully saturated rings. The number of hydroxylamine groups is 1. The van der Waals surface area contributed by atoms with Gasteiger partial charge < -0.3 is 19.9 Å². The lowest BCUT2D eigenvalue weighted by Gasteiger charge is -2.29. The molecular formula is C26H28N2O7. The van der Waals surface area contributed by atoms with Crippen LogP contribution in [0, 0.1) is 11.3 Å². The minimum atomic E-state index is -1.14. The Morgan fingerprint density at radius 2 is 1.71 bits per heavy atom. The molecule has 3 N–H and O–H groups in total. The predicted octanol–water partition coefficient (Wildman–Crippen LogP) is 2.84. The Balaban J connectivity index is 1.20. The van der Waals surface area contributed by atoms with Gasteiger partial charge in [-0.25, -0.2) is 15.1 Å². The molecule has 3 atom stereocenters. The maximum atomic E-state index is 12.9. The van der Waals surface area contributed by atoms with Crippen LogP contribution < -0.4 is 10.8 Å². The van der Waals surface area contributed by atoms with E-state index in [0.29, 0.717) is 0 Å². The van der Waals surface area contributed by atoms with Crippen LogP contribution in [0.15, 0.2) is 48.5 Å². The van der Waals surface area contributed by atoms with Gasteiger partial charge in [0, 0.05) is 5.92 Å². The lowest BCUT2D eigenvalue weighted by atomic mass is 9.84. The predicted molar refractivity (Wildman–Crippen MR) is 124 cm³/mol. The highest BCUT2D eigenvalue weighted by Crippen LogP contribution is 2.44. The van der Waals surface area contributed by atoms with Gasteiger partial charge in [-0.1, -0.05) is 48.5 Å². The Morgan fingerprint density at radius 1 is 1.09 bits per heavy atom. The van der Waals surface area contributed by atoms with E-state index in [-0.39, 0.29) is 31.7 Å². The number of carboxylic acid groups (broad SMARTS) is 1. The van der Waals surface area contributed by atoms with Gasteiger partial charge in [0.2, 0.25) is 0 Å². The quantitative estimate of drug-likeness (QED) is 0.497. The van der Waals surface area contributed by atoms with Crippen LogP contribution in [0.3, 0.4) is 0 Å². The van der Waals surface area contributed by atoms with E-state index in [1.807, 2.05) is 36.4 Å². The lowest BCUT2D eigenvalue weighted by Crippen LogP contribution is -2.54. The number of carboxylic acids is 1. The number of alkyl carbamates (subject to hydrolysis) is 1. The number of rotatable bonds is 8. The van der Waals surface area contributed by atoms with Gasteiger partial charge in [0.05, 0.1) is 24.7 Å². The number of amides is 2. The second-order valence-electron chi connectivity index (χ2n) is 9.60. The molecule has 0 radical (unpaired) electrons. The summed E-state index contributed by atoms with van der Waals surface area (Å²) in [5.41, 5.74) is 5.62. The van der Waals surface area contributed by atoms with Gasteiger partial charge in [-0.05, 0) is 47.9 Å².